The van der Waals surface area contributed by atoms with Gasteiger partial charge in [0.05, 0.1) is 12.1 Å². The van der Waals surface area contributed by atoms with Gasteiger partial charge in [0.25, 0.3) is 0 Å². The standard InChI is InChI=1S/C13H23N3O3/c1-14-12(17)9-3-5-16(6-4-9)13(18)11-7-10(19-2)8-15-11/h9-11,15H,3-8H2,1-2H3,(H,14,17). The lowest BCUT2D eigenvalue weighted by Gasteiger charge is -2.32. The lowest BCUT2D eigenvalue weighted by atomic mass is 9.95. The Morgan fingerprint density at radius 2 is 2.00 bits per heavy atom. The van der Waals surface area contributed by atoms with Crippen LogP contribution < -0.4 is 10.6 Å². The van der Waals surface area contributed by atoms with E-state index in [1.54, 1.807) is 14.2 Å². The zero-order valence-corrected chi connectivity index (χ0v) is 11.6. The zero-order valence-electron chi connectivity index (χ0n) is 11.6. The van der Waals surface area contributed by atoms with Crippen molar-refractivity contribution < 1.29 is 14.3 Å². The Hall–Kier alpha value is -1.14. The Labute approximate surface area is 113 Å². The highest BCUT2D eigenvalue weighted by atomic mass is 16.5. The number of hydrogen-bond acceptors (Lipinski definition) is 4. The second-order valence-electron chi connectivity index (χ2n) is 5.27. The molecule has 0 saturated carbocycles. The molecule has 0 aromatic carbocycles. The fourth-order valence-corrected chi connectivity index (χ4v) is 2.86. The van der Waals surface area contributed by atoms with Gasteiger partial charge in [0, 0.05) is 39.7 Å². The third kappa shape index (κ3) is 3.25. The van der Waals surface area contributed by atoms with Crippen molar-refractivity contribution in [1.29, 1.82) is 0 Å². The van der Waals surface area contributed by atoms with E-state index >= 15 is 0 Å². The van der Waals surface area contributed by atoms with E-state index in [4.69, 9.17) is 4.74 Å². The number of methoxy groups -OCH3 is 1. The summed E-state index contributed by atoms with van der Waals surface area (Å²) in [6, 6.07) is -0.124. The second kappa shape index (κ2) is 6.34. The lowest BCUT2D eigenvalue weighted by Crippen LogP contribution is -2.48. The van der Waals surface area contributed by atoms with Gasteiger partial charge < -0.3 is 20.3 Å². The summed E-state index contributed by atoms with van der Waals surface area (Å²) in [5, 5.41) is 5.88. The van der Waals surface area contributed by atoms with E-state index in [9.17, 15) is 9.59 Å². The van der Waals surface area contributed by atoms with Crippen LogP contribution in [0.1, 0.15) is 19.3 Å². The summed E-state index contributed by atoms with van der Waals surface area (Å²) >= 11 is 0. The van der Waals surface area contributed by atoms with E-state index in [0.29, 0.717) is 13.1 Å². The molecule has 2 atom stereocenters. The lowest BCUT2D eigenvalue weighted by molar-refractivity contribution is -0.137. The van der Waals surface area contributed by atoms with Crippen LogP contribution in [0.15, 0.2) is 0 Å². The van der Waals surface area contributed by atoms with Crippen molar-refractivity contribution in [2.24, 2.45) is 5.92 Å². The van der Waals surface area contributed by atoms with Gasteiger partial charge in [-0.15, -0.1) is 0 Å². The number of carbonyl (C=O) groups is 2. The van der Waals surface area contributed by atoms with Crippen LogP contribution in [0.4, 0.5) is 0 Å². The fraction of sp³-hybridized carbons (Fsp3) is 0.846. The number of ether oxygens (including phenoxy) is 1. The molecule has 2 heterocycles. The highest BCUT2D eigenvalue weighted by Gasteiger charge is 2.34. The molecule has 2 aliphatic rings. The molecule has 6 heteroatoms. The molecule has 0 bridgehead atoms. The number of rotatable bonds is 3. The molecule has 2 rings (SSSR count). The Kier molecular flexibility index (Phi) is 4.76. The van der Waals surface area contributed by atoms with Crippen LogP contribution in [0.2, 0.25) is 0 Å². The van der Waals surface area contributed by atoms with Gasteiger partial charge in [0.2, 0.25) is 11.8 Å². The third-order valence-electron chi connectivity index (χ3n) is 4.15. The summed E-state index contributed by atoms with van der Waals surface area (Å²) in [5.41, 5.74) is 0. The molecule has 2 aliphatic heterocycles. The summed E-state index contributed by atoms with van der Waals surface area (Å²) in [7, 11) is 3.33. The fourth-order valence-electron chi connectivity index (χ4n) is 2.86. The minimum Gasteiger partial charge on any atom is -0.380 e. The van der Waals surface area contributed by atoms with E-state index in [0.717, 1.165) is 25.8 Å². The molecule has 0 aromatic rings. The number of piperidine rings is 1. The van der Waals surface area contributed by atoms with E-state index in [2.05, 4.69) is 10.6 Å². The summed E-state index contributed by atoms with van der Waals surface area (Å²) in [6.45, 7) is 2.08. The van der Waals surface area contributed by atoms with Gasteiger partial charge in [-0.05, 0) is 19.3 Å². The zero-order chi connectivity index (χ0) is 13.8. The van der Waals surface area contributed by atoms with Gasteiger partial charge in [0.1, 0.15) is 0 Å². The van der Waals surface area contributed by atoms with Crippen molar-refractivity contribution in [2.45, 2.75) is 31.4 Å². The highest BCUT2D eigenvalue weighted by Crippen LogP contribution is 2.20. The molecule has 0 radical (unpaired) electrons. The van der Waals surface area contributed by atoms with E-state index in [1.165, 1.54) is 0 Å². The molecule has 0 aliphatic carbocycles. The number of amides is 2. The molecule has 108 valence electrons. The normalized spacial score (nSPS) is 28.4. The first kappa shape index (κ1) is 14.3. The molecule has 2 N–H and O–H groups in total. The first-order chi connectivity index (χ1) is 9.15. The average Bonchev–Trinajstić information content (AvgIpc) is 2.94. The number of likely N-dealkylation sites (tertiary alicyclic amines) is 1. The summed E-state index contributed by atoms with van der Waals surface area (Å²) in [5.74, 6) is 0.290. The maximum Gasteiger partial charge on any atom is 0.239 e. The molecule has 6 nitrogen and oxygen atoms in total. The molecular weight excluding hydrogens is 246 g/mol. The maximum absolute atomic E-state index is 12.3. The van der Waals surface area contributed by atoms with Gasteiger partial charge in [-0.3, -0.25) is 9.59 Å². The SMILES string of the molecule is CNC(=O)C1CCN(C(=O)C2CC(OC)CN2)CC1. The van der Waals surface area contributed by atoms with Crippen LogP contribution >= 0.6 is 0 Å². The van der Waals surface area contributed by atoms with E-state index in [1.807, 2.05) is 4.90 Å². The van der Waals surface area contributed by atoms with Gasteiger partial charge in [-0.1, -0.05) is 0 Å². The highest BCUT2D eigenvalue weighted by molar-refractivity contribution is 5.83. The molecule has 0 spiro atoms. The number of nitrogens with one attached hydrogen (secondary N) is 2. The van der Waals surface area contributed by atoms with Crippen molar-refractivity contribution in [2.75, 3.05) is 33.8 Å². The number of carbonyl (C=O) groups excluding carboxylic acids is 2. The van der Waals surface area contributed by atoms with Crippen molar-refractivity contribution in [3.05, 3.63) is 0 Å². The quantitative estimate of drug-likeness (QED) is 0.714. The third-order valence-corrected chi connectivity index (χ3v) is 4.15. The number of hydrogen-bond donors (Lipinski definition) is 2. The van der Waals surface area contributed by atoms with Crippen molar-refractivity contribution in [3.8, 4) is 0 Å². The summed E-state index contributed by atoms with van der Waals surface area (Å²) in [4.78, 5) is 25.7. The van der Waals surface area contributed by atoms with Gasteiger partial charge in [-0.2, -0.15) is 0 Å². The molecular formula is C13H23N3O3. The maximum atomic E-state index is 12.3. The Bertz CT molecular complexity index is 340. The van der Waals surface area contributed by atoms with Crippen LogP contribution in [0.25, 0.3) is 0 Å². The van der Waals surface area contributed by atoms with Gasteiger partial charge in [0.15, 0.2) is 0 Å². The molecule has 0 aromatic heterocycles. The largest absolute Gasteiger partial charge is 0.380 e. The smallest absolute Gasteiger partial charge is 0.239 e. The molecule has 2 saturated heterocycles. The second-order valence-corrected chi connectivity index (χ2v) is 5.27. The predicted octanol–water partition coefficient (Wildman–Crippen LogP) is -0.652. The first-order valence-electron chi connectivity index (χ1n) is 6.92. The Balaban J connectivity index is 1.81. The summed E-state index contributed by atoms with van der Waals surface area (Å²) < 4.78 is 5.26. The number of nitrogens with zero attached hydrogens (tertiary/aromatic N) is 1. The Morgan fingerprint density at radius 1 is 1.32 bits per heavy atom. The van der Waals surface area contributed by atoms with E-state index < -0.39 is 0 Å². The van der Waals surface area contributed by atoms with Crippen molar-refractivity contribution >= 4 is 11.8 Å². The minimum absolute atomic E-state index is 0.0531. The van der Waals surface area contributed by atoms with Crippen LogP contribution in [0, 0.1) is 5.92 Å². The first-order valence-corrected chi connectivity index (χ1v) is 6.92. The van der Waals surface area contributed by atoms with Gasteiger partial charge in [-0.25, -0.2) is 0 Å². The van der Waals surface area contributed by atoms with Crippen molar-refractivity contribution in [1.82, 2.24) is 15.5 Å². The van der Waals surface area contributed by atoms with E-state index in [-0.39, 0.29) is 29.9 Å². The van der Waals surface area contributed by atoms with Crippen LogP contribution in [-0.2, 0) is 14.3 Å². The minimum atomic E-state index is -0.124. The van der Waals surface area contributed by atoms with Crippen molar-refractivity contribution in [3.63, 3.8) is 0 Å². The average molecular weight is 269 g/mol. The topological polar surface area (TPSA) is 70.7 Å². The van der Waals surface area contributed by atoms with Crippen LogP contribution in [0.3, 0.4) is 0 Å². The molecule has 19 heavy (non-hydrogen) atoms. The monoisotopic (exact) mass is 269 g/mol. The molecule has 2 unspecified atom stereocenters. The molecule has 2 amide bonds. The predicted molar refractivity (Wildman–Crippen MR) is 70.6 cm³/mol. The summed E-state index contributed by atoms with van der Waals surface area (Å²) in [6.07, 6.45) is 2.39. The molecule has 2 fully saturated rings. The van der Waals surface area contributed by atoms with Crippen LogP contribution in [0.5, 0.6) is 0 Å². The van der Waals surface area contributed by atoms with Crippen LogP contribution in [-0.4, -0.2) is 62.7 Å². The Morgan fingerprint density at radius 3 is 2.53 bits per heavy atom. The van der Waals surface area contributed by atoms with Gasteiger partial charge >= 0.3 is 0 Å².